The molecule has 0 aliphatic carbocycles. The molecule has 0 radical (unpaired) electrons. The van der Waals surface area contributed by atoms with Crippen molar-refractivity contribution < 1.29 is 27.4 Å². The number of hydrazone groups is 1. The third kappa shape index (κ3) is 5.29. The molecule has 2 aromatic rings. The highest BCUT2D eigenvalue weighted by Gasteiger charge is 2.16. The van der Waals surface area contributed by atoms with E-state index in [4.69, 9.17) is 18.9 Å². The van der Waals surface area contributed by atoms with E-state index in [1.165, 1.54) is 38.6 Å². The lowest BCUT2D eigenvalue weighted by Crippen LogP contribution is -2.18. The molecule has 9 heteroatoms. The fourth-order valence-corrected chi connectivity index (χ4v) is 3.13. The molecule has 0 aliphatic heterocycles. The molecule has 152 valence electrons. The summed E-state index contributed by atoms with van der Waals surface area (Å²) >= 11 is 0. The van der Waals surface area contributed by atoms with Gasteiger partial charge in [-0.15, -0.1) is 0 Å². The van der Waals surface area contributed by atoms with Gasteiger partial charge in [0.2, 0.25) is 0 Å². The Bertz CT molecular complexity index is 941. The molecular weight excluding hydrogens is 384 g/mol. The highest BCUT2D eigenvalue weighted by atomic mass is 32.2. The van der Waals surface area contributed by atoms with Gasteiger partial charge >= 0.3 is 0 Å². The summed E-state index contributed by atoms with van der Waals surface area (Å²) in [6.45, 7) is 3.80. The molecule has 0 spiro atoms. The fourth-order valence-electron chi connectivity index (χ4n) is 2.33. The van der Waals surface area contributed by atoms with Crippen LogP contribution in [0.2, 0.25) is 0 Å². The highest BCUT2D eigenvalue weighted by molar-refractivity contribution is 7.89. The Balaban J connectivity index is 2.19. The second-order valence-corrected chi connectivity index (χ2v) is 7.61. The second kappa shape index (κ2) is 9.32. The number of nitrogens with one attached hydrogen (secondary N) is 1. The number of hydrogen-bond acceptors (Lipinski definition) is 7. The summed E-state index contributed by atoms with van der Waals surface area (Å²) in [7, 11) is 0.584. The molecule has 2 rings (SSSR count). The summed E-state index contributed by atoms with van der Waals surface area (Å²) in [6.07, 6.45) is 1.34. The SMILES string of the molecule is COc1ccc(S(=O)(=O)N/N=C/c2ccc(OC)c(OC(C)C)c2)cc1OC. The van der Waals surface area contributed by atoms with E-state index >= 15 is 0 Å². The van der Waals surface area contributed by atoms with Crippen molar-refractivity contribution in [2.24, 2.45) is 5.10 Å². The Labute approximate surface area is 165 Å². The van der Waals surface area contributed by atoms with Gasteiger partial charge in [0.05, 0.1) is 38.5 Å². The van der Waals surface area contributed by atoms with Crippen molar-refractivity contribution in [3.05, 3.63) is 42.0 Å². The molecule has 0 saturated carbocycles. The molecule has 0 amide bonds. The number of sulfonamides is 1. The predicted molar refractivity (Wildman–Crippen MR) is 106 cm³/mol. The van der Waals surface area contributed by atoms with Crippen LogP contribution < -0.4 is 23.8 Å². The minimum Gasteiger partial charge on any atom is -0.493 e. The Kier molecular flexibility index (Phi) is 7.11. The van der Waals surface area contributed by atoms with Crippen LogP contribution in [0.15, 0.2) is 46.4 Å². The second-order valence-electron chi connectivity index (χ2n) is 5.95. The van der Waals surface area contributed by atoms with Crippen LogP contribution >= 0.6 is 0 Å². The summed E-state index contributed by atoms with van der Waals surface area (Å²) in [5.41, 5.74) is 0.645. The monoisotopic (exact) mass is 408 g/mol. The molecule has 0 atom stereocenters. The molecule has 0 unspecified atom stereocenters. The molecular formula is C19H24N2O6S. The van der Waals surface area contributed by atoms with Crippen molar-refractivity contribution >= 4 is 16.2 Å². The standard InChI is InChI=1S/C19H24N2O6S/c1-13(2)27-19-10-14(6-8-17(19)25-4)12-20-21-28(22,23)15-7-9-16(24-3)18(11-15)26-5/h6-13,21H,1-5H3/b20-12+. The number of ether oxygens (including phenoxy) is 4. The lowest BCUT2D eigenvalue weighted by Gasteiger charge is -2.13. The lowest BCUT2D eigenvalue weighted by molar-refractivity contribution is 0.230. The fraction of sp³-hybridized carbons (Fsp3) is 0.316. The molecule has 28 heavy (non-hydrogen) atoms. The van der Waals surface area contributed by atoms with Gasteiger partial charge in [0.1, 0.15) is 0 Å². The van der Waals surface area contributed by atoms with Gasteiger partial charge in [-0.1, -0.05) is 0 Å². The van der Waals surface area contributed by atoms with E-state index in [1.54, 1.807) is 25.3 Å². The normalized spacial score (nSPS) is 11.5. The zero-order valence-electron chi connectivity index (χ0n) is 16.4. The van der Waals surface area contributed by atoms with Gasteiger partial charge in [0.25, 0.3) is 10.0 Å². The van der Waals surface area contributed by atoms with Crippen molar-refractivity contribution in [2.45, 2.75) is 24.8 Å². The van der Waals surface area contributed by atoms with Gasteiger partial charge < -0.3 is 18.9 Å². The van der Waals surface area contributed by atoms with Crippen LogP contribution in [0.1, 0.15) is 19.4 Å². The topological polar surface area (TPSA) is 95.5 Å². The largest absolute Gasteiger partial charge is 0.493 e. The molecule has 2 aromatic carbocycles. The first-order valence-corrected chi connectivity index (χ1v) is 9.90. The lowest BCUT2D eigenvalue weighted by atomic mass is 10.2. The molecule has 0 saturated heterocycles. The Morgan fingerprint density at radius 3 is 2.11 bits per heavy atom. The first-order valence-electron chi connectivity index (χ1n) is 8.42. The van der Waals surface area contributed by atoms with Crippen LogP contribution in [-0.4, -0.2) is 42.1 Å². The first kappa shape index (κ1) is 21.4. The van der Waals surface area contributed by atoms with Crippen LogP contribution in [0.25, 0.3) is 0 Å². The van der Waals surface area contributed by atoms with Gasteiger partial charge in [-0.2, -0.15) is 13.5 Å². The average Bonchev–Trinajstić information content (AvgIpc) is 2.67. The molecule has 0 aliphatic rings. The van der Waals surface area contributed by atoms with E-state index in [0.717, 1.165) is 0 Å². The summed E-state index contributed by atoms with van der Waals surface area (Å²) in [5.74, 6) is 1.86. The average molecular weight is 408 g/mol. The van der Waals surface area contributed by atoms with Crippen molar-refractivity contribution in [1.82, 2.24) is 4.83 Å². The van der Waals surface area contributed by atoms with Crippen LogP contribution in [-0.2, 0) is 10.0 Å². The first-order chi connectivity index (χ1) is 13.3. The summed E-state index contributed by atoms with van der Waals surface area (Å²) in [4.78, 5) is 2.18. The van der Waals surface area contributed by atoms with E-state index in [9.17, 15) is 8.42 Å². The number of benzene rings is 2. The van der Waals surface area contributed by atoms with E-state index in [2.05, 4.69) is 9.93 Å². The van der Waals surface area contributed by atoms with Gasteiger partial charge in [0, 0.05) is 6.07 Å². The maximum atomic E-state index is 12.4. The van der Waals surface area contributed by atoms with Gasteiger partial charge in [0.15, 0.2) is 23.0 Å². The summed E-state index contributed by atoms with van der Waals surface area (Å²) in [5, 5.41) is 3.83. The van der Waals surface area contributed by atoms with Crippen LogP contribution in [0.4, 0.5) is 0 Å². The number of hydrogen-bond donors (Lipinski definition) is 1. The zero-order valence-corrected chi connectivity index (χ0v) is 17.2. The molecule has 0 fully saturated rings. The maximum Gasteiger partial charge on any atom is 0.276 e. The van der Waals surface area contributed by atoms with Crippen LogP contribution in [0.3, 0.4) is 0 Å². The third-order valence-electron chi connectivity index (χ3n) is 3.60. The quantitative estimate of drug-likeness (QED) is 0.506. The maximum absolute atomic E-state index is 12.4. The van der Waals surface area contributed by atoms with Crippen LogP contribution in [0.5, 0.6) is 23.0 Å². The number of rotatable bonds is 9. The Morgan fingerprint density at radius 1 is 0.893 bits per heavy atom. The predicted octanol–water partition coefficient (Wildman–Crippen LogP) is 2.81. The van der Waals surface area contributed by atoms with Gasteiger partial charge in [-0.3, -0.25) is 0 Å². The van der Waals surface area contributed by atoms with E-state index in [0.29, 0.717) is 28.6 Å². The molecule has 1 N–H and O–H groups in total. The van der Waals surface area contributed by atoms with Gasteiger partial charge in [-0.25, -0.2) is 4.83 Å². The van der Waals surface area contributed by atoms with Crippen molar-refractivity contribution in [1.29, 1.82) is 0 Å². The Morgan fingerprint density at radius 2 is 1.50 bits per heavy atom. The highest BCUT2D eigenvalue weighted by Crippen LogP contribution is 2.30. The summed E-state index contributed by atoms with van der Waals surface area (Å²) < 4.78 is 46.1. The van der Waals surface area contributed by atoms with E-state index < -0.39 is 10.0 Å². The molecule has 0 aromatic heterocycles. The minimum absolute atomic E-state index is 0.000797. The van der Waals surface area contributed by atoms with Gasteiger partial charge in [-0.05, 0) is 49.7 Å². The smallest absolute Gasteiger partial charge is 0.276 e. The number of nitrogens with zero attached hydrogens (tertiary/aromatic N) is 1. The minimum atomic E-state index is -3.87. The van der Waals surface area contributed by atoms with E-state index in [1.807, 2.05) is 13.8 Å². The van der Waals surface area contributed by atoms with Crippen molar-refractivity contribution in [3.8, 4) is 23.0 Å². The van der Waals surface area contributed by atoms with Crippen molar-refractivity contribution in [2.75, 3.05) is 21.3 Å². The third-order valence-corrected chi connectivity index (χ3v) is 4.82. The number of methoxy groups -OCH3 is 3. The molecule has 8 nitrogen and oxygen atoms in total. The van der Waals surface area contributed by atoms with Crippen molar-refractivity contribution in [3.63, 3.8) is 0 Å². The Hall–Kier alpha value is -2.94. The summed E-state index contributed by atoms with van der Waals surface area (Å²) in [6, 6.07) is 9.45. The molecule has 0 bridgehead atoms. The van der Waals surface area contributed by atoms with E-state index in [-0.39, 0.29) is 11.0 Å². The zero-order chi connectivity index (χ0) is 20.7. The molecule has 0 heterocycles. The van der Waals surface area contributed by atoms with Crippen LogP contribution in [0, 0.1) is 0 Å².